The van der Waals surface area contributed by atoms with Crippen molar-refractivity contribution in [3.8, 4) is 0 Å². The van der Waals surface area contributed by atoms with Crippen molar-refractivity contribution in [3.05, 3.63) is 11.9 Å². The molecule has 4 atom stereocenters. The zero-order valence-corrected chi connectivity index (χ0v) is 18.7. The van der Waals surface area contributed by atoms with E-state index in [0.717, 1.165) is 44.1 Å². The van der Waals surface area contributed by atoms with Crippen molar-refractivity contribution < 1.29 is 24.2 Å². The number of likely N-dealkylation sites (tertiary alicyclic amines) is 1. The van der Waals surface area contributed by atoms with Crippen LogP contribution in [0.3, 0.4) is 0 Å². The molecule has 0 spiro atoms. The van der Waals surface area contributed by atoms with Crippen LogP contribution in [0.15, 0.2) is 6.20 Å². The van der Waals surface area contributed by atoms with E-state index < -0.39 is 0 Å². The van der Waals surface area contributed by atoms with Gasteiger partial charge in [-0.1, -0.05) is 5.21 Å². The molecule has 3 fully saturated rings. The quantitative estimate of drug-likeness (QED) is 0.597. The molecule has 0 unspecified atom stereocenters. The first-order valence-electron chi connectivity index (χ1n) is 11.0. The molecule has 1 aliphatic heterocycles. The van der Waals surface area contributed by atoms with E-state index in [2.05, 4.69) is 10.3 Å². The van der Waals surface area contributed by atoms with Crippen molar-refractivity contribution in [1.82, 2.24) is 24.8 Å². The number of ether oxygens (including phenoxy) is 2. The number of hydrogen-bond acceptors (Lipinski definition) is 7. The van der Waals surface area contributed by atoms with Gasteiger partial charge in [-0.3, -0.25) is 9.59 Å². The fourth-order valence-corrected chi connectivity index (χ4v) is 4.66. The van der Waals surface area contributed by atoms with E-state index in [1.54, 1.807) is 7.11 Å². The monoisotopic (exact) mass is 437 g/mol. The molecule has 2 aliphatic carbocycles. The van der Waals surface area contributed by atoms with Gasteiger partial charge < -0.3 is 24.4 Å². The summed E-state index contributed by atoms with van der Waals surface area (Å²) in [6, 6.07) is 0.182. The second-order valence-electron chi connectivity index (χ2n) is 9.14. The van der Waals surface area contributed by atoms with E-state index in [1.807, 2.05) is 34.8 Å². The minimum Gasteiger partial charge on any atom is -0.483 e. The first kappa shape index (κ1) is 23.6. The van der Waals surface area contributed by atoms with Gasteiger partial charge in [0.25, 0.3) is 6.47 Å². The Balaban J connectivity index is 0.000000858. The summed E-state index contributed by atoms with van der Waals surface area (Å²) in [6.07, 6.45) is 6.69. The standard InChI is InChI=1S/C20H33N5O3.CH2O2/c1-23(2)11-20(26)24-8-15-6-18(25-10-17(13-27-3)21-22-25)19(7-16(15)9-24)28-12-14-4-5-14;2-1-3/h10,14-16,18-19H,4-9,11-13H2,1-3H3;1H,(H,2,3)/t15-,16+,18-,19-;/m1./s1. The lowest BCUT2D eigenvalue weighted by atomic mass is 9.77. The maximum atomic E-state index is 12.5. The van der Waals surface area contributed by atoms with Gasteiger partial charge in [0, 0.05) is 26.8 Å². The summed E-state index contributed by atoms with van der Waals surface area (Å²) in [7, 11) is 5.56. The van der Waals surface area contributed by atoms with Crippen LogP contribution in [0.2, 0.25) is 0 Å². The molecule has 1 amide bonds. The summed E-state index contributed by atoms with van der Waals surface area (Å²) in [5, 5.41) is 15.5. The van der Waals surface area contributed by atoms with Gasteiger partial charge >= 0.3 is 0 Å². The Morgan fingerprint density at radius 1 is 1.29 bits per heavy atom. The molecule has 0 aromatic carbocycles. The van der Waals surface area contributed by atoms with Gasteiger partial charge in [-0.05, 0) is 57.5 Å². The third-order valence-corrected chi connectivity index (χ3v) is 6.32. The van der Waals surface area contributed by atoms with Crippen LogP contribution >= 0.6 is 0 Å². The lowest BCUT2D eigenvalue weighted by molar-refractivity contribution is -0.131. The van der Waals surface area contributed by atoms with E-state index in [9.17, 15) is 4.79 Å². The average Bonchev–Trinajstić information content (AvgIpc) is 3.27. The van der Waals surface area contributed by atoms with Gasteiger partial charge in [0.1, 0.15) is 5.69 Å². The molecule has 0 bridgehead atoms. The third-order valence-electron chi connectivity index (χ3n) is 6.32. The summed E-state index contributed by atoms with van der Waals surface area (Å²) in [5.41, 5.74) is 0.847. The highest BCUT2D eigenvalue weighted by atomic mass is 16.5. The molecule has 3 aliphatic rings. The Morgan fingerprint density at radius 2 is 1.97 bits per heavy atom. The Hall–Kier alpha value is -2.04. The first-order valence-corrected chi connectivity index (χ1v) is 11.0. The number of aromatic nitrogens is 3. The van der Waals surface area contributed by atoms with Gasteiger partial charge in [-0.25, -0.2) is 4.68 Å². The summed E-state index contributed by atoms with van der Waals surface area (Å²) < 4.78 is 13.5. The van der Waals surface area contributed by atoms with Crippen molar-refractivity contribution in [2.75, 3.05) is 47.4 Å². The number of likely N-dealkylation sites (N-methyl/N-ethyl adjacent to an activating group) is 1. The number of methoxy groups -OCH3 is 1. The molecule has 4 rings (SSSR count). The highest BCUT2D eigenvalue weighted by molar-refractivity contribution is 5.78. The third kappa shape index (κ3) is 6.47. The molecule has 0 radical (unpaired) electrons. The number of nitrogens with zero attached hydrogens (tertiary/aromatic N) is 5. The van der Waals surface area contributed by atoms with Crippen LogP contribution in [-0.2, 0) is 25.7 Å². The van der Waals surface area contributed by atoms with Gasteiger partial charge in [0.2, 0.25) is 5.91 Å². The highest BCUT2D eigenvalue weighted by Crippen LogP contribution is 2.43. The Labute approximate surface area is 183 Å². The van der Waals surface area contributed by atoms with E-state index in [4.69, 9.17) is 19.4 Å². The van der Waals surface area contributed by atoms with Gasteiger partial charge in [0.15, 0.2) is 0 Å². The molecule has 1 aromatic heterocycles. The molecular formula is C21H35N5O5. The number of carbonyl (C=O) groups is 2. The number of amides is 1. The normalized spacial score (nSPS) is 27.5. The minimum atomic E-state index is -0.250. The van der Waals surface area contributed by atoms with Crippen LogP contribution in [-0.4, -0.2) is 95.8 Å². The predicted octanol–water partition coefficient (Wildman–Crippen LogP) is 0.892. The fourth-order valence-electron chi connectivity index (χ4n) is 4.66. The summed E-state index contributed by atoms with van der Waals surface area (Å²) in [5.74, 6) is 2.00. The zero-order valence-electron chi connectivity index (χ0n) is 18.7. The van der Waals surface area contributed by atoms with Crippen LogP contribution < -0.4 is 0 Å². The lowest BCUT2D eigenvalue weighted by Gasteiger charge is -2.37. The van der Waals surface area contributed by atoms with E-state index in [0.29, 0.717) is 25.0 Å². The number of carboxylic acid groups (broad SMARTS) is 1. The van der Waals surface area contributed by atoms with Gasteiger partial charge in [0.05, 0.1) is 31.5 Å². The van der Waals surface area contributed by atoms with Crippen molar-refractivity contribution in [1.29, 1.82) is 0 Å². The maximum absolute atomic E-state index is 12.5. The summed E-state index contributed by atoms with van der Waals surface area (Å²) in [6.45, 7) is 3.26. The molecule has 2 heterocycles. The molecule has 1 saturated heterocycles. The fraction of sp³-hybridized carbons (Fsp3) is 0.810. The zero-order chi connectivity index (χ0) is 22.4. The van der Waals surface area contributed by atoms with Gasteiger partial charge in [-0.2, -0.15) is 0 Å². The van der Waals surface area contributed by atoms with E-state index >= 15 is 0 Å². The number of hydrogen-bond donors (Lipinski definition) is 1. The Kier molecular flexibility index (Phi) is 8.39. The molecule has 31 heavy (non-hydrogen) atoms. The van der Waals surface area contributed by atoms with E-state index in [1.165, 1.54) is 12.8 Å². The second kappa shape index (κ2) is 11.0. The first-order chi connectivity index (χ1) is 14.9. The van der Waals surface area contributed by atoms with Crippen molar-refractivity contribution >= 4 is 12.4 Å². The van der Waals surface area contributed by atoms with Crippen molar-refractivity contribution in [2.24, 2.45) is 17.8 Å². The molecule has 2 saturated carbocycles. The smallest absolute Gasteiger partial charge is 0.290 e. The van der Waals surface area contributed by atoms with Gasteiger partial charge in [-0.15, -0.1) is 5.10 Å². The van der Waals surface area contributed by atoms with Crippen molar-refractivity contribution in [3.63, 3.8) is 0 Å². The van der Waals surface area contributed by atoms with Crippen LogP contribution in [0.5, 0.6) is 0 Å². The molecule has 10 nitrogen and oxygen atoms in total. The average molecular weight is 438 g/mol. The summed E-state index contributed by atoms with van der Waals surface area (Å²) in [4.78, 5) is 24.9. The summed E-state index contributed by atoms with van der Waals surface area (Å²) >= 11 is 0. The molecule has 10 heteroatoms. The molecular weight excluding hydrogens is 402 g/mol. The van der Waals surface area contributed by atoms with Crippen molar-refractivity contribution in [2.45, 2.75) is 44.4 Å². The van der Waals surface area contributed by atoms with Crippen LogP contribution in [0.4, 0.5) is 0 Å². The van der Waals surface area contributed by atoms with Crippen LogP contribution in [0, 0.1) is 17.8 Å². The lowest BCUT2D eigenvalue weighted by Crippen LogP contribution is -2.38. The number of rotatable bonds is 8. The topological polar surface area (TPSA) is 110 Å². The van der Waals surface area contributed by atoms with Crippen LogP contribution in [0.1, 0.15) is 37.4 Å². The number of carbonyl (C=O) groups excluding carboxylic acids is 1. The van der Waals surface area contributed by atoms with E-state index in [-0.39, 0.29) is 24.5 Å². The highest BCUT2D eigenvalue weighted by Gasteiger charge is 2.45. The molecule has 1 aromatic rings. The Bertz CT molecular complexity index is 723. The minimum absolute atomic E-state index is 0.142. The number of fused-ring (bicyclic) bond motifs is 1. The molecule has 1 N–H and O–H groups in total. The molecule has 174 valence electrons. The SMILES string of the molecule is COCc1cn([C@@H]2C[C@@H]3CN(C(=O)CN(C)C)C[C@@H]3C[C@H]2OCC2CC2)nn1.O=CO. The second-order valence-corrected chi connectivity index (χ2v) is 9.14. The largest absolute Gasteiger partial charge is 0.483 e. The van der Waals surface area contributed by atoms with Crippen LogP contribution in [0.25, 0.3) is 0 Å². The predicted molar refractivity (Wildman–Crippen MR) is 112 cm³/mol. The maximum Gasteiger partial charge on any atom is 0.290 e. The Morgan fingerprint density at radius 3 is 2.58 bits per heavy atom.